The first kappa shape index (κ1) is 11.6. The SMILES string of the molecule is Oc1ccc(NC2CCC(O)CC2)cc1Cl. The Labute approximate surface area is 100 Å². The lowest BCUT2D eigenvalue weighted by Crippen LogP contribution is -2.28. The van der Waals surface area contributed by atoms with Gasteiger partial charge in [-0.15, -0.1) is 0 Å². The van der Waals surface area contributed by atoms with E-state index in [0.29, 0.717) is 11.1 Å². The highest BCUT2D eigenvalue weighted by atomic mass is 35.5. The third kappa shape index (κ3) is 2.80. The van der Waals surface area contributed by atoms with Crippen molar-refractivity contribution in [1.29, 1.82) is 0 Å². The second-order valence-corrected chi connectivity index (χ2v) is 4.72. The van der Waals surface area contributed by atoms with Gasteiger partial charge in [-0.2, -0.15) is 0 Å². The molecular weight excluding hydrogens is 226 g/mol. The van der Waals surface area contributed by atoms with Crippen molar-refractivity contribution in [3.05, 3.63) is 23.2 Å². The molecule has 16 heavy (non-hydrogen) atoms. The molecule has 0 amide bonds. The topological polar surface area (TPSA) is 52.5 Å². The smallest absolute Gasteiger partial charge is 0.134 e. The largest absolute Gasteiger partial charge is 0.506 e. The maximum absolute atomic E-state index is 9.39. The number of aromatic hydroxyl groups is 1. The summed E-state index contributed by atoms with van der Waals surface area (Å²) in [5.41, 5.74) is 0.921. The summed E-state index contributed by atoms with van der Waals surface area (Å²) in [5.74, 6) is 0.103. The van der Waals surface area contributed by atoms with Crippen LogP contribution in [0.3, 0.4) is 0 Å². The van der Waals surface area contributed by atoms with E-state index in [0.717, 1.165) is 31.4 Å². The molecule has 88 valence electrons. The number of anilines is 1. The maximum Gasteiger partial charge on any atom is 0.134 e. The second kappa shape index (κ2) is 4.93. The Kier molecular flexibility index (Phi) is 3.56. The predicted molar refractivity (Wildman–Crippen MR) is 65.0 cm³/mol. The minimum Gasteiger partial charge on any atom is -0.506 e. The molecule has 1 fully saturated rings. The summed E-state index contributed by atoms with van der Waals surface area (Å²) in [4.78, 5) is 0. The van der Waals surface area contributed by atoms with E-state index in [4.69, 9.17) is 11.6 Å². The first-order valence-electron chi connectivity index (χ1n) is 5.58. The van der Waals surface area contributed by atoms with Gasteiger partial charge < -0.3 is 15.5 Å². The second-order valence-electron chi connectivity index (χ2n) is 4.32. The highest BCUT2D eigenvalue weighted by Crippen LogP contribution is 2.28. The number of hydrogen-bond acceptors (Lipinski definition) is 3. The highest BCUT2D eigenvalue weighted by Gasteiger charge is 2.19. The monoisotopic (exact) mass is 241 g/mol. The molecule has 1 aromatic carbocycles. The van der Waals surface area contributed by atoms with Crippen LogP contribution in [0.15, 0.2) is 18.2 Å². The van der Waals surface area contributed by atoms with E-state index in [1.807, 2.05) is 6.07 Å². The molecule has 0 aliphatic heterocycles. The van der Waals surface area contributed by atoms with Gasteiger partial charge in [-0.3, -0.25) is 0 Å². The quantitative estimate of drug-likeness (QED) is 0.698. The molecule has 4 heteroatoms. The molecule has 3 nitrogen and oxygen atoms in total. The van der Waals surface area contributed by atoms with Crippen molar-refractivity contribution in [3.8, 4) is 5.75 Å². The summed E-state index contributed by atoms with van der Waals surface area (Å²) in [6.45, 7) is 0. The summed E-state index contributed by atoms with van der Waals surface area (Å²) in [7, 11) is 0. The van der Waals surface area contributed by atoms with E-state index in [1.165, 1.54) is 0 Å². The van der Waals surface area contributed by atoms with Crippen LogP contribution < -0.4 is 5.32 Å². The zero-order valence-electron chi connectivity index (χ0n) is 8.99. The summed E-state index contributed by atoms with van der Waals surface area (Å²) in [6.07, 6.45) is 3.51. The van der Waals surface area contributed by atoms with Crippen molar-refractivity contribution in [2.24, 2.45) is 0 Å². The normalized spacial score (nSPS) is 25.4. The average Bonchev–Trinajstić information content (AvgIpc) is 2.27. The molecule has 1 aliphatic carbocycles. The van der Waals surface area contributed by atoms with Gasteiger partial charge in [0.05, 0.1) is 11.1 Å². The lowest BCUT2D eigenvalue weighted by Gasteiger charge is -2.27. The van der Waals surface area contributed by atoms with Gasteiger partial charge >= 0.3 is 0 Å². The number of benzene rings is 1. The molecule has 1 aromatic rings. The van der Waals surface area contributed by atoms with E-state index < -0.39 is 0 Å². The molecule has 0 aromatic heterocycles. The van der Waals surface area contributed by atoms with Crippen LogP contribution in [0.25, 0.3) is 0 Å². The third-order valence-corrected chi connectivity index (χ3v) is 3.32. The molecule has 0 spiro atoms. The van der Waals surface area contributed by atoms with E-state index >= 15 is 0 Å². The van der Waals surface area contributed by atoms with Crippen LogP contribution in [-0.4, -0.2) is 22.4 Å². The fraction of sp³-hybridized carbons (Fsp3) is 0.500. The van der Waals surface area contributed by atoms with Gasteiger partial charge in [0.2, 0.25) is 0 Å². The van der Waals surface area contributed by atoms with Gasteiger partial charge in [0, 0.05) is 11.7 Å². The summed E-state index contributed by atoms with van der Waals surface area (Å²) < 4.78 is 0. The Bertz CT molecular complexity index is 362. The molecular formula is C12H16ClNO2. The molecule has 2 rings (SSSR count). The molecule has 0 saturated heterocycles. The van der Waals surface area contributed by atoms with Crippen LogP contribution in [-0.2, 0) is 0 Å². The van der Waals surface area contributed by atoms with Crippen molar-refractivity contribution in [3.63, 3.8) is 0 Å². The van der Waals surface area contributed by atoms with Crippen molar-refractivity contribution in [2.45, 2.75) is 37.8 Å². The summed E-state index contributed by atoms with van der Waals surface area (Å²) in [5, 5.41) is 22.4. The third-order valence-electron chi connectivity index (χ3n) is 3.02. The molecule has 0 unspecified atom stereocenters. The molecule has 3 N–H and O–H groups in total. The van der Waals surface area contributed by atoms with Crippen molar-refractivity contribution in [1.82, 2.24) is 0 Å². The van der Waals surface area contributed by atoms with Crippen LogP contribution in [0, 0.1) is 0 Å². The van der Waals surface area contributed by atoms with Crippen LogP contribution in [0.1, 0.15) is 25.7 Å². The molecule has 1 saturated carbocycles. The number of rotatable bonds is 2. The van der Waals surface area contributed by atoms with Crippen molar-refractivity contribution >= 4 is 17.3 Å². The van der Waals surface area contributed by atoms with Crippen LogP contribution in [0.5, 0.6) is 5.75 Å². The van der Waals surface area contributed by atoms with Gasteiger partial charge in [-0.25, -0.2) is 0 Å². The Morgan fingerprint density at radius 2 is 1.88 bits per heavy atom. The molecule has 0 heterocycles. The minimum absolute atomic E-state index is 0.103. The lowest BCUT2D eigenvalue weighted by molar-refractivity contribution is 0.126. The fourth-order valence-corrected chi connectivity index (χ4v) is 2.23. The van der Waals surface area contributed by atoms with E-state index in [1.54, 1.807) is 12.1 Å². The minimum atomic E-state index is -0.138. The average molecular weight is 242 g/mol. The molecule has 0 atom stereocenters. The Balaban J connectivity index is 1.96. The number of aliphatic hydroxyl groups is 1. The Morgan fingerprint density at radius 1 is 1.19 bits per heavy atom. The van der Waals surface area contributed by atoms with Gasteiger partial charge in [0.15, 0.2) is 0 Å². The summed E-state index contributed by atoms with van der Waals surface area (Å²) >= 11 is 5.82. The zero-order valence-corrected chi connectivity index (χ0v) is 9.74. The maximum atomic E-state index is 9.39. The van der Waals surface area contributed by atoms with Crippen molar-refractivity contribution in [2.75, 3.05) is 5.32 Å². The zero-order chi connectivity index (χ0) is 11.5. The van der Waals surface area contributed by atoms with Crippen LogP contribution in [0.4, 0.5) is 5.69 Å². The number of phenolic OH excluding ortho intramolecular Hbond substituents is 1. The standard InChI is InChI=1S/C12H16ClNO2/c13-11-7-9(3-6-12(11)16)14-8-1-4-10(15)5-2-8/h3,6-8,10,14-16H,1-2,4-5H2. The Hall–Kier alpha value is -0.930. The molecule has 0 bridgehead atoms. The van der Waals surface area contributed by atoms with E-state index in [9.17, 15) is 10.2 Å². The lowest BCUT2D eigenvalue weighted by atomic mass is 9.93. The van der Waals surface area contributed by atoms with Gasteiger partial charge in [-0.1, -0.05) is 11.6 Å². The fourth-order valence-electron chi connectivity index (χ4n) is 2.05. The van der Waals surface area contributed by atoms with Crippen molar-refractivity contribution < 1.29 is 10.2 Å². The summed E-state index contributed by atoms with van der Waals surface area (Å²) in [6, 6.07) is 5.51. The first-order valence-corrected chi connectivity index (χ1v) is 5.96. The van der Waals surface area contributed by atoms with Gasteiger partial charge in [0.1, 0.15) is 5.75 Å². The Morgan fingerprint density at radius 3 is 2.50 bits per heavy atom. The number of nitrogens with one attached hydrogen (secondary N) is 1. The highest BCUT2D eigenvalue weighted by molar-refractivity contribution is 6.32. The number of hydrogen-bond donors (Lipinski definition) is 3. The molecule has 1 aliphatic rings. The van der Waals surface area contributed by atoms with Gasteiger partial charge in [0.25, 0.3) is 0 Å². The number of phenols is 1. The molecule has 0 radical (unpaired) electrons. The predicted octanol–water partition coefficient (Wildman–Crippen LogP) is 2.76. The van der Waals surface area contributed by atoms with E-state index in [-0.39, 0.29) is 11.9 Å². The van der Waals surface area contributed by atoms with Crippen LogP contribution >= 0.6 is 11.6 Å². The van der Waals surface area contributed by atoms with Crippen LogP contribution in [0.2, 0.25) is 5.02 Å². The van der Waals surface area contributed by atoms with E-state index in [2.05, 4.69) is 5.32 Å². The van der Waals surface area contributed by atoms with Gasteiger partial charge in [-0.05, 0) is 43.9 Å². The number of aliphatic hydroxyl groups excluding tert-OH is 1. The number of halogens is 1. The first-order chi connectivity index (χ1) is 7.65.